The first kappa shape index (κ1) is 12.6. The van der Waals surface area contributed by atoms with Gasteiger partial charge >= 0.3 is 0 Å². The van der Waals surface area contributed by atoms with Gasteiger partial charge < -0.3 is 5.32 Å². The molecule has 0 aliphatic heterocycles. The highest BCUT2D eigenvalue weighted by molar-refractivity contribution is 5.08. The molecule has 17 heavy (non-hydrogen) atoms. The SMILES string of the molecule is Cc1cc(CNC2CCCC(C)CC2)n(C)n1. The molecule has 2 atom stereocenters. The van der Waals surface area contributed by atoms with Crippen LogP contribution in [0.3, 0.4) is 0 Å². The Hall–Kier alpha value is -0.830. The Morgan fingerprint density at radius 2 is 2.18 bits per heavy atom. The third kappa shape index (κ3) is 3.56. The number of nitrogens with zero attached hydrogens (tertiary/aromatic N) is 2. The number of aryl methyl sites for hydroxylation is 2. The Balaban J connectivity index is 1.83. The van der Waals surface area contributed by atoms with Gasteiger partial charge in [0.15, 0.2) is 0 Å². The molecule has 2 unspecified atom stereocenters. The second-order valence-electron chi connectivity index (χ2n) is 5.59. The Kier molecular flexibility index (Phi) is 4.21. The number of nitrogens with one attached hydrogen (secondary N) is 1. The average Bonchev–Trinajstić information content (AvgIpc) is 2.48. The van der Waals surface area contributed by atoms with Gasteiger partial charge in [-0.1, -0.05) is 19.8 Å². The molecule has 0 aromatic carbocycles. The summed E-state index contributed by atoms with van der Waals surface area (Å²) < 4.78 is 1.99. The van der Waals surface area contributed by atoms with E-state index < -0.39 is 0 Å². The lowest BCUT2D eigenvalue weighted by Crippen LogP contribution is -2.28. The first-order valence-electron chi connectivity index (χ1n) is 6.88. The molecular formula is C14H25N3. The lowest BCUT2D eigenvalue weighted by molar-refractivity contribution is 0.440. The summed E-state index contributed by atoms with van der Waals surface area (Å²) in [5.41, 5.74) is 2.40. The molecule has 1 heterocycles. The highest BCUT2D eigenvalue weighted by atomic mass is 15.3. The van der Waals surface area contributed by atoms with Crippen LogP contribution in [0.4, 0.5) is 0 Å². The van der Waals surface area contributed by atoms with Crippen molar-refractivity contribution in [3.05, 3.63) is 17.5 Å². The zero-order chi connectivity index (χ0) is 12.3. The van der Waals surface area contributed by atoms with Gasteiger partial charge in [-0.25, -0.2) is 0 Å². The minimum Gasteiger partial charge on any atom is -0.308 e. The fourth-order valence-corrected chi connectivity index (χ4v) is 2.77. The van der Waals surface area contributed by atoms with Crippen LogP contribution in [-0.2, 0) is 13.6 Å². The van der Waals surface area contributed by atoms with Gasteiger partial charge in [-0.3, -0.25) is 4.68 Å². The van der Waals surface area contributed by atoms with Crippen LogP contribution in [0.15, 0.2) is 6.07 Å². The Labute approximate surface area is 105 Å². The third-order valence-corrected chi connectivity index (χ3v) is 3.93. The van der Waals surface area contributed by atoms with Crippen molar-refractivity contribution in [2.75, 3.05) is 0 Å². The molecule has 1 aliphatic rings. The Morgan fingerprint density at radius 3 is 2.88 bits per heavy atom. The van der Waals surface area contributed by atoms with E-state index in [1.54, 1.807) is 0 Å². The van der Waals surface area contributed by atoms with Crippen molar-refractivity contribution in [2.24, 2.45) is 13.0 Å². The number of aromatic nitrogens is 2. The van der Waals surface area contributed by atoms with Gasteiger partial charge in [-0.15, -0.1) is 0 Å². The van der Waals surface area contributed by atoms with E-state index in [0.717, 1.165) is 18.2 Å². The van der Waals surface area contributed by atoms with Gasteiger partial charge in [-0.05, 0) is 38.2 Å². The lowest BCUT2D eigenvalue weighted by atomic mass is 10.0. The molecule has 1 N–H and O–H groups in total. The van der Waals surface area contributed by atoms with E-state index in [2.05, 4.69) is 30.3 Å². The molecule has 96 valence electrons. The standard InChI is InChI=1S/C14H25N3/c1-11-5-4-6-13(8-7-11)15-10-14-9-12(2)16-17(14)3/h9,11,13,15H,4-8,10H2,1-3H3. The second kappa shape index (κ2) is 5.67. The van der Waals surface area contributed by atoms with Crippen molar-refractivity contribution in [2.45, 2.75) is 58.5 Å². The molecule has 0 bridgehead atoms. The summed E-state index contributed by atoms with van der Waals surface area (Å²) in [4.78, 5) is 0. The zero-order valence-corrected chi connectivity index (χ0v) is 11.4. The fraction of sp³-hybridized carbons (Fsp3) is 0.786. The fourth-order valence-electron chi connectivity index (χ4n) is 2.77. The van der Waals surface area contributed by atoms with E-state index in [0.29, 0.717) is 6.04 Å². The van der Waals surface area contributed by atoms with Crippen LogP contribution in [0, 0.1) is 12.8 Å². The molecular weight excluding hydrogens is 210 g/mol. The van der Waals surface area contributed by atoms with Crippen molar-refractivity contribution in [3.63, 3.8) is 0 Å². The summed E-state index contributed by atoms with van der Waals surface area (Å²) >= 11 is 0. The number of hydrogen-bond donors (Lipinski definition) is 1. The van der Waals surface area contributed by atoms with Crippen LogP contribution in [0.25, 0.3) is 0 Å². The van der Waals surface area contributed by atoms with Gasteiger partial charge in [-0.2, -0.15) is 5.10 Å². The van der Waals surface area contributed by atoms with Crippen LogP contribution in [0.2, 0.25) is 0 Å². The monoisotopic (exact) mass is 235 g/mol. The number of rotatable bonds is 3. The topological polar surface area (TPSA) is 29.9 Å². The minimum atomic E-state index is 0.704. The van der Waals surface area contributed by atoms with E-state index in [1.807, 2.05) is 11.7 Å². The first-order chi connectivity index (χ1) is 8.15. The van der Waals surface area contributed by atoms with Gasteiger partial charge in [0.25, 0.3) is 0 Å². The van der Waals surface area contributed by atoms with Crippen molar-refractivity contribution in [1.29, 1.82) is 0 Å². The molecule has 0 spiro atoms. The lowest BCUT2D eigenvalue weighted by Gasteiger charge is -2.16. The van der Waals surface area contributed by atoms with E-state index in [-0.39, 0.29) is 0 Å². The van der Waals surface area contributed by atoms with Gasteiger partial charge in [0, 0.05) is 19.6 Å². The van der Waals surface area contributed by atoms with Crippen molar-refractivity contribution < 1.29 is 0 Å². The summed E-state index contributed by atoms with van der Waals surface area (Å²) in [5.74, 6) is 0.917. The summed E-state index contributed by atoms with van der Waals surface area (Å²) in [5, 5.41) is 8.07. The van der Waals surface area contributed by atoms with Crippen LogP contribution in [0.1, 0.15) is 50.4 Å². The first-order valence-corrected chi connectivity index (χ1v) is 6.88. The molecule has 1 aromatic heterocycles. The predicted molar refractivity (Wildman–Crippen MR) is 70.8 cm³/mol. The smallest absolute Gasteiger partial charge is 0.0597 e. The summed E-state index contributed by atoms with van der Waals surface area (Å²) in [6.45, 7) is 5.39. The maximum absolute atomic E-state index is 4.38. The van der Waals surface area contributed by atoms with E-state index in [9.17, 15) is 0 Å². The van der Waals surface area contributed by atoms with Crippen molar-refractivity contribution in [1.82, 2.24) is 15.1 Å². The van der Waals surface area contributed by atoms with Crippen molar-refractivity contribution in [3.8, 4) is 0 Å². The van der Waals surface area contributed by atoms with Crippen LogP contribution >= 0.6 is 0 Å². The molecule has 1 aliphatic carbocycles. The van der Waals surface area contributed by atoms with Gasteiger partial charge in [0.05, 0.1) is 11.4 Å². The normalized spacial score (nSPS) is 25.8. The van der Waals surface area contributed by atoms with Gasteiger partial charge in [0.2, 0.25) is 0 Å². The van der Waals surface area contributed by atoms with E-state index in [1.165, 1.54) is 37.8 Å². The number of hydrogen-bond acceptors (Lipinski definition) is 2. The summed E-state index contributed by atoms with van der Waals surface area (Å²) in [6, 6.07) is 2.88. The molecule has 1 fully saturated rings. The molecule has 1 aromatic rings. The predicted octanol–water partition coefficient (Wildman–Crippen LogP) is 2.79. The molecule has 0 saturated heterocycles. The zero-order valence-electron chi connectivity index (χ0n) is 11.4. The van der Waals surface area contributed by atoms with Crippen LogP contribution in [0.5, 0.6) is 0 Å². The van der Waals surface area contributed by atoms with Crippen LogP contribution in [-0.4, -0.2) is 15.8 Å². The molecule has 0 amide bonds. The third-order valence-electron chi connectivity index (χ3n) is 3.93. The summed E-state index contributed by atoms with van der Waals surface area (Å²) in [6.07, 6.45) is 6.83. The molecule has 3 heteroatoms. The second-order valence-corrected chi connectivity index (χ2v) is 5.59. The Bertz CT molecular complexity index is 356. The molecule has 0 radical (unpaired) electrons. The van der Waals surface area contributed by atoms with E-state index >= 15 is 0 Å². The van der Waals surface area contributed by atoms with Gasteiger partial charge in [0.1, 0.15) is 0 Å². The van der Waals surface area contributed by atoms with Crippen LogP contribution < -0.4 is 5.32 Å². The highest BCUT2D eigenvalue weighted by Gasteiger charge is 2.16. The average molecular weight is 235 g/mol. The maximum atomic E-state index is 4.38. The largest absolute Gasteiger partial charge is 0.308 e. The minimum absolute atomic E-state index is 0.704. The molecule has 2 rings (SSSR count). The Morgan fingerprint density at radius 1 is 1.35 bits per heavy atom. The van der Waals surface area contributed by atoms with Crippen molar-refractivity contribution >= 4 is 0 Å². The molecule has 1 saturated carbocycles. The molecule has 3 nitrogen and oxygen atoms in total. The highest BCUT2D eigenvalue weighted by Crippen LogP contribution is 2.22. The quantitative estimate of drug-likeness (QED) is 0.816. The summed E-state index contributed by atoms with van der Waals surface area (Å²) in [7, 11) is 2.03. The van der Waals surface area contributed by atoms with E-state index in [4.69, 9.17) is 0 Å². The maximum Gasteiger partial charge on any atom is 0.0597 e.